The van der Waals surface area contributed by atoms with Crippen LogP contribution in [0.3, 0.4) is 0 Å². The number of rotatable bonds is 5. The highest BCUT2D eigenvalue weighted by molar-refractivity contribution is 7.89. The molecule has 33 heavy (non-hydrogen) atoms. The third-order valence-corrected chi connectivity index (χ3v) is 7.21. The summed E-state index contributed by atoms with van der Waals surface area (Å²) in [7, 11) is -5.05. The number of sulfonamides is 1. The van der Waals surface area contributed by atoms with E-state index in [0.717, 1.165) is 40.8 Å². The summed E-state index contributed by atoms with van der Waals surface area (Å²) in [5.74, 6) is 1.55. The van der Waals surface area contributed by atoms with Crippen molar-refractivity contribution in [2.75, 3.05) is 0 Å². The van der Waals surface area contributed by atoms with E-state index in [0.29, 0.717) is 24.2 Å². The molecule has 1 aliphatic heterocycles. The quantitative estimate of drug-likeness (QED) is 0.485. The SMILES string of the molecule is O=S(=O)(N[C@H]1C[C@@H](C2=CB(O)Oc3cnc4[nH]ccc4c32)C1)c1ccc(OC(F)(F)F)cc1. The molecule has 1 saturated carbocycles. The lowest BCUT2D eigenvalue weighted by molar-refractivity contribution is -0.274. The molecule has 1 aliphatic carbocycles. The van der Waals surface area contributed by atoms with Crippen LogP contribution in [0, 0.1) is 5.92 Å². The number of benzene rings is 1. The molecule has 0 saturated heterocycles. The van der Waals surface area contributed by atoms with Crippen molar-refractivity contribution in [3.8, 4) is 11.5 Å². The van der Waals surface area contributed by atoms with Crippen molar-refractivity contribution < 1.29 is 36.0 Å². The predicted octanol–water partition coefficient (Wildman–Crippen LogP) is 3.01. The van der Waals surface area contributed by atoms with Crippen molar-refractivity contribution in [2.24, 2.45) is 5.92 Å². The molecule has 3 N–H and O–H groups in total. The van der Waals surface area contributed by atoms with E-state index >= 15 is 0 Å². The first-order valence-corrected chi connectivity index (χ1v) is 11.5. The number of fused-ring (bicyclic) bond motifs is 3. The van der Waals surface area contributed by atoms with Gasteiger partial charge in [0.05, 0.1) is 11.1 Å². The maximum absolute atomic E-state index is 12.6. The molecule has 2 aromatic heterocycles. The van der Waals surface area contributed by atoms with E-state index in [9.17, 15) is 26.6 Å². The van der Waals surface area contributed by atoms with Crippen molar-refractivity contribution in [2.45, 2.75) is 30.1 Å². The van der Waals surface area contributed by atoms with Gasteiger partial charge in [-0.1, -0.05) is 0 Å². The van der Waals surface area contributed by atoms with Gasteiger partial charge in [-0.3, -0.25) is 0 Å². The van der Waals surface area contributed by atoms with Gasteiger partial charge < -0.3 is 19.4 Å². The molecule has 0 atom stereocenters. The number of ether oxygens (including phenoxy) is 1. The van der Waals surface area contributed by atoms with Gasteiger partial charge in [0.1, 0.15) is 17.1 Å². The Morgan fingerprint density at radius 1 is 1.21 bits per heavy atom. The Kier molecular flexibility index (Phi) is 5.14. The molecule has 1 fully saturated rings. The number of hydrogen-bond donors (Lipinski definition) is 3. The van der Waals surface area contributed by atoms with Crippen LogP contribution in [0.1, 0.15) is 18.4 Å². The Hall–Kier alpha value is -3.03. The average Bonchev–Trinajstić information content (AvgIpc) is 3.18. The number of halogens is 3. The van der Waals surface area contributed by atoms with E-state index in [-0.39, 0.29) is 16.9 Å². The van der Waals surface area contributed by atoms with Gasteiger partial charge in [-0.25, -0.2) is 18.1 Å². The highest BCUT2D eigenvalue weighted by Gasteiger charge is 2.39. The third-order valence-electron chi connectivity index (χ3n) is 5.68. The van der Waals surface area contributed by atoms with E-state index < -0.39 is 29.3 Å². The summed E-state index contributed by atoms with van der Waals surface area (Å²) < 4.78 is 74.0. The number of hydrogen-bond acceptors (Lipinski definition) is 6. The van der Waals surface area contributed by atoms with E-state index in [1.807, 2.05) is 6.07 Å². The minimum atomic E-state index is -4.85. The molecular formula is C20H17BF3N3O5S. The van der Waals surface area contributed by atoms with Crippen molar-refractivity contribution in [1.29, 1.82) is 0 Å². The Morgan fingerprint density at radius 2 is 1.94 bits per heavy atom. The molecular weight excluding hydrogens is 462 g/mol. The van der Waals surface area contributed by atoms with Gasteiger partial charge in [-0.05, 0) is 60.6 Å². The van der Waals surface area contributed by atoms with Crippen LogP contribution in [-0.4, -0.2) is 42.9 Å². The first-order chi connectivity index (χ1) is 15.6. The van der Waals surface area contributed by atoms with Gasteiger partial charge in [0.15, 0.2) is 0 Å². The van der Waals surface area contributed by atoms with Gasteiger partial charge in [0.2, 0.25) is 10.0 Å². The molecule has 3 heterocycles. The number of aromatic amines is 1. The van der Waals surface area contributed by atoms with E-state index in [1.54, 1.807) is 12.2 Å². The van der Waals surface area contributed by atoms with Gasteiger partial charge in [0, 0.05) is 23.2 Å². The summed E-state index contributed by atoms with van der Waals surface area (Å²) >= 11 is 0. The molecule has 0 spiro atoms. The van der Waals surface area contributed by atoms with Gasteiger partial charge in [-0.2, -0.15) is 0 Å². The topological polar surface area (TPSA) is 114 Å². The maximum Gasteiger partial charge on any atom is 0.573 e. The number of pyridine rings is 1. The van der Waals surface area contributed by atoms with E-state index in [2.05, 4.69) is 19.4 Å². The van der Waals surface area contributed by atoms with E-state index in [4.69, 9.17) is 4.65 Å². The number of allylic oxidation sites excluding steroid dienone is 1. The zero-order valence-corrected chi connectivity index (χ0v) is 17.7. The zero-order chi connectivity index (χ0) is 23.4. The van der Waals surface area contributed by atoms with Crippen LogP contribution in [-0.2, 0) is 10.0 Å². The first kappa shape index (κ1) is 21.8. The fraction of sp³-hybridized carbons (Fsp3) is 0.250. The molecule has 0 amide bonds. The maximum atomic E-state index is 12.6. The summed E-state index contributed by atoms with van der Waals surface area (Å²) in [5.41, 5.74) is 2.35. The smallest absolute Gasteiger partial charge is 0.531 e. The Morgan fingerprint density at radius 3 is 2.64 bits per heavy atom. The molecule has 0 bridgehead atoms. The van der Waals surface area contributed by atoms with Crippen LogP contribution < -0.4 is 14.1 Å². The standard InChI is InChI=1S/C20H17BF3N3O5S/c22-20(23,24)31-13-1-3-14(4-2-13)33(29,30)27-12-7-11(8-12)16-9-21(28)32-17-10-26-19-15(18(16)17)5-6-25-19/h1-6,9-12,27-28H,7-8H2,(H,25,26)/t11-,12+. The number of alkyl halides is 3. The molecule has 0 radical (unpaired) electrons. The van der Waals surface area contributed by atoms with Crippen molar-refractivity contribution >= 4 is 33.7 Å². The summed E-state index contributed by atoms with van der Waals surface area (Å²) in [6.07, 6.45) is -0.590. The lowest BCUT2D eigenvalue weighted by Crippen LogP contribution is -2.45. The monoisotopic (exact) mass is 479 g/mol. The highest BCUT2D eigenvalue weighted by Crippen LogP contribution is 2.46. The minimum absolute atomic E-state index is 0.0157. The summed E-state index contributed by atoms with van der Waals surface area (Å²) in [4.78, 5) is 7.14. The van der Waals surface area contributed by atoms with Crippen LogP contribution in [0.4, 0.5) is 13.2 Å². The van der Waals surface area contributed by atoms with Crippen LogP contribution in [0.5, 0.6) is 11.5 Å². The molecule has 172 valence electrons. The summed E-state index contributed by atoms with van der Waals surface area (Å²) in [5, 5.41) is 10.9. The third kappa shape index (κ3) is 4.31. The lowest BCUT2D eigenvalue weighted by Gasteiger charge is -2.39. The lowest BCUT2D eigenvalue weighted by atomic mass is 9.68. The second-order valence-corrected chi connectivity index (χ2v) is 9.59. The molecule has 8 nitrogen and oxygen atoms in total. The number of nitrogens with one attached hydrogen (secondary N) is 2. The van der Waals surface area contributed by atoms with Crippen LogP contribution in [0.2, 0.25) is 0 Å². The van der Waals surface area contributed by atoms with E-state index in [1.165, 1.54) is 6.20 Å². The molecule has 13 heteroatoms. The van der Waals surface area contributed by atoms with Crippen LogP contribution in [0.25, 0.3) is 16.6 Å². The summed E-state index contributed by atoms with van der Waals surface area (Å²) in [6.45, 7) is 0. The Balaban J connectivity index is 1.29. The summed E-state index contributed by atoms with van der Waals surface area (Å²) in [6, 6.07) is 5.52. The first-order valence-electron chi connectivity index (χ1n) is 10.00. The predicted molar refractivity (Wildman–Crippen MR) is 113 cm³/mol. The van der Waals surface area contributed by atoms with Crippen molar-refractivity contribution in [1.82, 2.24) is 14.7 Å². The van der Waals surface area contributed by atoms with Gasteiger partial charge in [-0.15, -0.1) is 13.2 Å². The van der Waals surface area contributed by atoms with Crippen LogP contribution in [0.15, 0.2) is 53.6 Å². The van der Waals surface area contributed by atoms with Crippen LogP contribution >= 0.6 is 0 Å². The molecule has 0 unspecified atom stereocenters. The largest absolute Gasteiger partial charge is 0.573 e. The Bertz CT molecular complexity index is 1340. The molecule has 5 rings (SSSR count). The van der Waals surface area contributed by atoms with Gasteiger partial charge in [0.25, 0.3) is 0 Å². The second-order valence-electron chi connectivity index (χ2n) is 7.87. The molecule has 1 aromatic carbocycles. The average molecular weight is 479 g/mol. The number of nitrogens with zero attached hydrogens (tertiary/aromatic N) is 1. The molecule has 2 aliphatic rings. The fourth-order valence-corrected chi connectivity index (χ4v) is 5.46. The fourth-order valence-electron chi connectivity index (χ4n) is 4.19. The molecule has 3 aromatic rings. The number of H-pyrrole nitrogens is 1. The Labute approximate surface area is 186 Å². The zero-order valence-electron chi connectivity index (χ0n) is 16.8. The van der Waals surface area contributed by atoms with Crippen molar-refractivity contribution in [3.63, 3.8) is 0 Å². The second kappa shape index (κ2) is 7.78. The highest BCUT2D eigenvalue weighted by atomic mass is 32.2. The minimum Gasteiger partial charge on any atom is -0.531 e. The van der Waals surface area contributed by atoms with Crippen molar-refractivity contribution in [3.05, 3.63) is 54.3 Å². The van der Waals surface area contributed by atoms with Gasteiger partial charge >= 0.3 is 13.5 Å². The number of aromatic nitrogens is 2. The normalized spacial score (nSPS) is 20.6.